The Kier molecular flexibility index (Phi) is 6.70. The molecule has 0 aliphatic carbocycles. The Morgan fingerprint density at radius 2 is 1.67 bits per heavy atom. The van der Waals surface area contributed by atoms with Crippen molar-refractivity contribution in [2.75, 3.05) is 40.3 Å². The third-order valence-electron chi connectivity index (χ3n) is 2.02. The van der Waals surface area contributed by atoms with Gasteiger partial charge < -0.3 is 15.1 Å². The third-order valence-corrected chi connectivity index (χ3v) is 2.02. The van der Waals surface area contributed by atoms with Crippen LogP contribution in [-0.4, -0.2) is 61.9 Å². The summed E-state index contributed by atoms with van der Waals surface area (Å²) in [5, 5.41) is 2.67. The zero-order valence-corrected chi connectivity index (χ0v) is 10.0. The van der Waals surface area contributed by atoms with Gasteiger partial charge in [0, 0.05) is 40.0 Å². The molecule has 0 aromatic heterocycles. The van der Waals surface area contributed by atoms with Gasteiger partial charge in [-0.1, -0.05) is 0 Å². The Morgan fingerprint density at radius 1 is 1.07 bits per heavy atom. The average molecular weight is 215 g/mol. The van der Waals surface area contributed by atoms with Crippen LogP contribution in [0.3, 0.4) is 0 Å². The van der Waals surface area contributed by atoms with Crippen molar-refractivity contribution >= 4 is 11.8 Å². The Morgan fingerprint density at radius 3 is 2.07 bits per heavy atom. The van der Waals surface area contributed by atoms with E-state index in [1.807, 2.05) is 19.0 Å². The molecule has 0 aromatic rings. The molecule has 15 heavy (non-hydrogen) atoms. The summed E-state index contributed by atoms with van der Waals surface area (Å²) in [5.74, 6) is -0.0201. The number of amides is 2. The first kappa shape index (κ1) is 13.9. The summed E-state index contributed by atoms with van der Waals surface area (Å²) in [4.78, 5) is 25.6. The van der Waals surface area contributed by atoms with E-state index in [2.05, 4.69) is 5.32 Å². The SMILES string of the molecule is CC(=O)NCCN(CCN(C)C)C(C)=O. The maximum absolute atomic E-state index is 11.2. The zero-order chi connectivity index (χ0) is 11.8. The maximum Gasteiger partial charge on any atom is 0.219 e. The Bertz CT molecular complexity index is 217. The van der Waals surface area contributed by atoms with Crippen LogP contribution in [0.25, 0.3) is 0 Å². The van der Waals surface area contributed by atoms with Gasteiger partial charge in [-0.2, -0.15) is 0 Å². The van der Waals surface area contributed by atoms with Gasteiger partial charge in [-0.25, -0.2) is 0 Å². The molecule has 0 heterocycles. The van der Waals surface area contributed by atoms with Crippen LogP contribution < -0.4 is 5.32 Å². The van der Waals surface area contributed by atoms with E-state index in [0.717, 1.165) is 6.54 Å². The predicted octanol–water partition coefficient (Wildman–Crippen LogP) is -0.467. The number of rotatable bonds is 6. The topological polar surface area (TPSA) is 52.7 Å². The molecule has 0 atom stereocenters. The van der Waals surface area contributed by atoms with E-state index < -0.39 is 0 Å². The molecule has 0 bridgehead atoms. The van der Waals surface area contributed by atoms with Crippen LogP contribution in [-0.2, 0) is 9.59 Å². The lowest BCUT2D eigenvalue weighted by Crippen LogP contribution is -2.40. The van der Waals surface area contributed by atoms with Crippen molar-refractivity contribution < 1.29 is 9.59 Å². The first-order chi connectivity index (χ1) is 6.93. The fourth-order valence-electron chi connectivity index (χ4n) is 1.11. The van der Waals surface area contributed by atoms with Gasteiger partial charge in [-0.05, 0) is 14.1 Å². The highest BCUT2D eigenvalue weighted by Gasteiger charge is 2.08. The normalized spacial score (nSPS) is 10.2. The van der Waals surface area contributed by atoms with Crippen molar-refractivity contribution in [2.45, 2.75) is 13.8 Å². The molecule has 0 radical (unpaired) electrons. The molecule has 2 amide bonds. The minimum absolute atomic E-state index is 0.0437. The van der Waals surface area contributed by atoms with Crippen LogP contribution in [0.15, 0.2) is 0 Å². The lowest BCUT2D eigenvalue weighted by Gasteiger charge is -2.22. The molecule has 5 nitrogen and oxygen atoms in total. The molecule has 0 saturated heterocycles. The van der Waals surface area contributed by atoms with E-state index in [0.29, 0.717) is 19.6 Å². The van der Waals surface area contributed by atoms with Gasteiger partial charge in [-0.15, -0.1) is 0 Å². The Hall–Kier alpha value is -1.10. The number of likely N-dealkylation sites (N-methyl/N-ethyl adjacent to an activating group) is 1. The summed E-state index contributed by atoms with van der Waals surface area (Å²) in [6.45, 7) is 5.63. The summed E-state index contributed by atoms with van der Waals surface area (Å²) in [6.07, 6.45) is 0. The Balaban J connectivity index is 3.83. The van der Waals surface area contributed by atoms with E-state index in [1.54, 1.807) is 11.8 Å². The van der Waals surface area contributed by atoms with E-state index in [1.165, 1.54) is 6.92 Å². The lowest BCUT2D eigenvalue weighted by molar-refractivity contribution is -0.129. The van der Waals surface area contributed by atoms with Crippen molar-refractivity contribution in [1.29, 1.82) is 0 Å². The average Bonchev–Trinajstić information content (AvgIpc) is 2.09. The van der Waals surface area contributed by atoms with E-state index in [4.69, 9.17) is 0 Å². The first-order valence-electron chi connectivity index (χ1n) is 5.08. The van der Waals surface area contributed by atoms with Gasteiger partial charge in [0.2, 0.25) is 11.8 Å². The Labute approximate surface area is 91.4 Å². The molecular weight excluding hydrogens is 194 g/mol. The molecule has 5 heteroatoms. The van der Waals surface area contributed by atoms with Gasteiger partial charge in [0.1, 0.15) is 0 Å². The van der Waals surface area contributed by atoms with Gasteiger partial charge in [-0.3, -0.25) is 9.59 Å². The fourth-order valence-corrected chi connectivity index (χ4v) is 1.11. The van der Waals surface area contributed by atoms with Crippen molar-refractivity contribution in [3.8, 4) is 0 Å². The molecule has 0 aromatic carbocycles. The minimum atomic E-state index is -0.0638. The minimum Gasteiger partial charge on any atom is -0.355 e. The lowest BCUT2D eigenvalue weighted by atomic mass is 10.4. The van der Waals surface area contributed by atoms with Gasteiger partial charge in [0.15, 0.2) is 0 Å². The van der Waals surface area contributed by atoms with E-state index >= 15 is 0 Å². The van der Waals surface area contributed by atoms with Gasteiger partial charge in [0.25, 0.3) is 0 Å². The standard InChI is InChI=1S/C10H21N3O2/c1-9(14)11-5-6-13(10(2)15)8-7-12(3)4/h5-8H2,1-4H3,(H,11,14). The number of nitrogens with zero attached hydrogens (tertiary/aromatic N) is 2. The number of hydrogen-bond acceptors (Lipinski definition) is 3. The summed E-state index contributed by atoms with van der Waals surface area (Å²) >= 11 is 0. The second kappa shape index (κ2) is 7.23. The number of nitrogens with one attached hydrogen (secondary N) is 1. The van der Waals surface area contributed by atoms with Gasteiger partial charge >= 0.3 is 0 Å². The molecule has 0 aliphatic rings. The van der Waals surface area contributed by atoms with Crippen LogP contribution in [0.2, 0.25) is 0 Å². The van der Waals surface area contributed by atoms with Crippen molar-refractivity contribution in [3.63, 3.8) is 0 Å². The number of carbonyl (C=O) groups excluding carboxylic acids is 2. The highest BCUT2D eigenvalue weighted by Crippen LogP contribution is 1.89. The molecule has 0 spiro atoms. The zero-order valence-electron chi connectivity index (χ0n) is 10.0. The summed E-state index contributed by atoms with van der Waals surface area (Å²) in [6, 6.07) is 0. The first-order valence-corrected chi connectivity index (χ1v) is 5.08. The van der Waals surface area contributed by atoms with E-state index in [-0.39, 0.29) is 11.8 Å². The number of carbonyl (C=O) groups is 2. The monoisotopic (exact) mass is 215 g/mol. The predicted molar refractivity (Wildman–Crippen MR) is 59.5 cm³/mol. The molecule has 0 unspecified atom stereocenters. The van der Waals surface area contributed by atoms with Crippen molar-refractivity contribution in [1.82, 2.24) is 15.1 Å². The van der Waals surface area contributed by atoms with Crippen LogP contribution in [0.5, 0.6) is 0 Å². The third kappa shape index (κ3) is 7.93. The molecule has 0 fully saturated rings. The molecule has 1 N–H and O–H groups in total. The van der Waals surface area contributed by atoms with Crippen molar-refractivity contribution in [2.24, 2.45) is 0 Å². The highest BCUT2D eigenvalue weighted by molar-refractivity contribution is 5.74. The van der Waals surface area contributed by atoms with Crippen LogP contribution in [0.4, 0.5) is 0 Å². The molecule has 0 aliphatic heterocycles. The molecule has 0 rings (SSSR count). The van der Waals surface area contributed by atoms with Gasteiger partial charge in [0.05, 0.1) is 0 Å². The smallest absolute Gasteiger partial charge is 0.219 e. The largest absolute Gasteiger partial charge is 0.355 e. The molecular formula is C10H21N3O2. The highest BCUT2D eigenvalue weighted by atomic mass is 16.2. The van der Waals surface area contributed by atoms with Crippen LogP contribution >= 0.6 is 0 Å². The maximum atomic E-state index is 11.2. The van der Waals surface area contributed by atoms with E-state index in [9.17, 15) is 9.59 Å². The summed E-state index contributed by atoms with van der Waals surface area (Å²) < 4.78 is 0. The molecule has 88 valence electrons. The quantitative estimate of drug-likeness (QED) is 0.652. The van der Waals surface area contributed by atoms with Crippen LogP contribution in [0, 0.1) is 0 Å². The second-order valence-electron chi connectivity index (χ2n) is 3.79. The van der Waals surface area contributed by atoms with Crippen LogP contribution in [0.1, 0.15) is 13.8 Å². The molecule has 0 saturated carbocycles. The summed E-state index contributed by atoms with van der Waals surface area (Å²) in [5.41, 5.74) is 0. The number of hydrogen-bond donors (Lipinski definition) is 1. The second-order valence-corrected chi connectivity index (χ2v) is 3.79. The fraction of sp³-hybridized carbons (Fsp3) is 0.800. The van der Waals surface area contributed by atoms with Crippen molar-refractivity contribution in [3.05, 3.63) is 0 Å². The summed E-state index contributed by atoms with van der Waals surface area (Å²) in [7, 11) is 3.93.